The summed E-state index contributed by atoms with van der Waals surface area (Å²) in [5.41, 5.74) is 2.45. The second-order valence-corrected chi connectivity index (χ2v) is 5.34. The molecule has 4 nitrogen and oxygen atoms in total. The molecule has 0 spiro atoms. The Balaban J connectivity index is 1.62. The van der Waals surface area contributed by atoms with E-state index in [0.717, 1.165) is 22.6 Å². The Kier molecular flexibility index (Phi) is 3.24. The van der Waals surface area contributed by atoms with Crippen LogP contribution in [0.4, 0.5) is 0 Å². The number of nitrogens with zero attached hydrogens (tertiary/aromatic N) is 1. The maximum absolute atomic E-state index is 5.94. The number of rotatable bonds is 2. The number of benzene rings is 2. The molecule has 0 unspecified atom stereocenters. The third kappa shape index (κ3) is 2.53. The lowest BCUT2D eigenvalue weighted by atomic mass is 10.2. The fourth-order valence-electron chi connectivity index (χ4n) is 2.32. The Morgan fingerprint density at radius 3 is 2.73 bits per heavy atom. The zero-order valence-electron chi connectivity index (χ0n) is 11.6. The minimum absolute atomic E-state index is 0.534. The normalized spacial score (nSPS) is 13.9. The number of hydrogen-bond donors (Lipinski definition) is 0. The number of oxazole rings is 1. The van der Waals surface area contributed by atoms with E-state index in [2.05, 4.69) is 4.98 Å². The molecule has 0 saturated heterocycles. The first-order valence-corrected chi connectivity index (χ1v) is 7.29. The standard InChI is InChI=1S/C17H12ClNO3/c18-12-3-5-14-13(10-12)19-17(22-14)6-2-11-1-4-15-16(9-11)21-8-7-20-15/h1-6,9-10H,7-8H2. The number of ether oxygens (including phenoxy) is 2. The zero-order chi connectivity index (χ0) is 14.9. The molecule has 3 aromatic rings. The highest BCUT2D eigenvalue weighted by Crippen LogP contribution is 2.31. The average Bonchev–Trinajstić information content (AvgIpc) is 2.94. The van der Waals surface area contributed by atoms with Gasteiger partial charge in [0.15, 0.2) is 17.1 Å². The smallest absolute Gasteiger partial charge is 0.220 e. The third-order valence-corrected chi connectivity index (χ3v) is 3.59. The molecule has 2 heterocycles. The number of aromatic nitrogens is 1. The fraction of sp³-hybridized carbons (Fsp3) is 0.118. The van der Waals surface area contributed by atoms with Gasteiger partial charge in [0.1, 0.15) is 18.7 Å². The lowest BCUT2D eigenvalue weighted by molar-refractivity contribution is 0.171. The largest absolute Gasteiger partial charge is 0.486 e. The summed E-state index contributed by atoms with van der Waals surface area (Å²) in [4.78, 5) is 4.38. The van der Waals surface area contributed by atoms with Crippen LogP contribution in [0.25, 0.3) is 23.3 Å². The van der Waals surface area contributed by atoms with Crippen LogP contribution >= 0.6 is 11.6 Å². The van der Waals surface area contributed by atoms with Crippen molar-refractivity contribution < 1.29 is 13.9 Å². The summed E-state index contributed by atoms with van der Waals surface area (Å²) in [7, 11) is 0. The Morgan fingerprint density at radius 1 is 0.955 bits per heavy atom. The maximum atomic E-state index is 5.94. The summed E-state index contributed by atoms with van der Waals surface area (Å²) in [6, 6.07) is 11.2. The summed E-state index contributed by atoms with van der Waals surface area (Å²) in [5, 5.41) is 0.642. The van der Waals surface area contributed by atoms with Crippen molar-refractivity contribution in [3.05, 3.63) is 52.9 Å². The van der Waals surface area contributed by atoms with Gasteiger partial charge in [-0.3, -0.25) is 0 Å². The first-order chi connectivity index (χ1) is 10.8. The van der Waals surface area contributed by atoms with Gasteiger partial charge in [0, 0.05) is 11.1 Å². The van der Waals surface area contributed by atoms with E-state index >= 15 is 0 Å². The van der Waals surface area contributed by atoms with Crippen LogP contribution in [-0.4, -0.2) is 18.2 Å². The van der Waals surface area contributed by atoms with Crippen molar-refractivity contribution in [3.63, 3.8) is 0 Å². The minimum Gasteiger partial charge on any atom is -0.486 e. The Bertz CT molecular complexity index is 869. The van der Waals surface area contributed by atoms with E-state index in [0.29, 0.717) is 29.7 Å². The quantitative estimate of drug-likeness (QED) is 0.702. The molecule has 110 valence electrons. The van der Waals surface area contributed by atoms with E-state index in [1.165, 1.54) is 0 Å². The molecule has 0 amide bonds. The number of hydrogen-bond acceptors (Lipinski definition) is 4. The van der Waals surface area contributed by atoms with Crippen molar-refractivity contribution in [3.8, 4) is 11.5 Å². The summed E-state index contributed by atoms with van der Waals surface area (Å²) in [6.45, 7) is 1.17. The van der Waals surface area contributed by atoms with Crippen LogP contribution in [0.15, 0.2) is 40.8 Å². The van der Waals surface area contributed by atoms with Crippen LogP contribution in [0.2, 0.25) is 5.02 Å². The first kappa shape index (κ1) is 13.2. The van der Waals surface area contributed by atoms with Crippen molar-refractivity contribution in [1.29, 1.82) is 0 Å². The van der Waals surface area contributed by atoms with Crippen molar-refractivity contribution >= 4 is 34.9 Å². The molecule has 5 heteroatoms. The predicted molar refractivity (Wildman–Crippen MR) is 85.4 cm³/mol. The molecule has 0 aliphatic carbocycles. The van der Waals surface area contributed by atoms with Gasteiger partial charge in [0.25, 0.3) is 0 Å². The molecule has 0 saturated carbocycles. The van der Waals surface area contributed by atoms with E-state index in [1.54, 1.807) is 12.1 Å². The second-order valence-electron chi connectivity index (χ2n) is 4.90. The van der Waals surface area contributed by atoms with Crippen LogP contribution in [-0.2, 0) is 0 Å². The lowest BCUT2D eigenvalue weighted by Gasteiger charge is -2.18. The van der Waals surface area contributed by atoms with Gasteiger partial charge in [-0.25, -0.2) is 4.98 Å². The Hall–Kier alpha value is -2.46. The summed E-state index contributed by atoms with van der Waals surface area (Å²) in [5.74, 6) is 2.07. The topological polar surface area (TPSA) is 44.5 Å². The SMILES string of the molecule is Clc1ccc2oc(C=Cc3ccc4c(c3)OCCO4)nc2c1. The van der Waals surface area contributed by atoms with Gasteiger partial charge < -0.3 is 13.9 Å². The molecular formula is C17H12ClNO3. The highest BCUT2D eigenvalue weighted by molar-refractivity contribution is 6.31. The van der Waals surface area contributed by atoms with Crippen molar-refractivity contribution in [2.24, 2.45) is 0 Å². The van der Waals surface area contributed by atoms with Crippen molar-refractivity contribution in [1.82, 2.24) is 4.98 Å². The highest BCUT2D eigenvalue weighted by Gasteiger charge is 2.11. The molecule has 1 aliphatic heterocycles. The summed E-state index contributed by atoms with van der Waals surface area (Å²) >= 11 is 5.94. The maximum Gasteiger partial charge on any atom is 0.220 e. The van der Waals surface area contributed by atoms with Crippen molar-refractivity contribution in [2.45, 2.75) is 0 Å². The predicted octanol–water partition coefficient (Wildman–Crippen LogP) is 4.42. The van der Waals surface area contributed by atoms with Gasteiger partial charge in [0.05, 0.1) is 0 Å². The molecule has 2 aromatic carbocycles. The monoisotopic (exact) mass is 313 g/mol. The van der Waals surface area contributed by atoms with E-state index in [9.17, 15) is 0 Å². The fourth-order valence-corrected chi connectivity index (χ4v) is 2.49. The third-order valence-electron chi connectivity index (χ3n) is 3.35. The molecule has 0 bridgehead atoms. The van der Waals surface area contributed by atoms with Gasteiger partial charge in [-0.1, -0.05) is 17.7 Å². The van der Waals surface area contributed by atoms with Gasteiger partial charge in [-0.2, -0.15) is 0 Å². The van der Waals surface area contributed by atoms with E-state index < -0.39 is 0 Å². The Labute approximate surface area is 131 Å². The van der Waals surface area contributed by atoms with Crippen LogP contribution < -0.4 is 9.47 Å². The molecule has 0 N–H and O–H groups in total. The number of fused-ring (bicyclic) bond motifs is 2. The molecule has 22 heavy (non-hydrogen) atoms. The summed E-state index contributed by atoms with van der Waals surface area (Å²) in [6.07, 6.45) is 3.74. The highest BCUT2D eigenvalue weighted by atomic mass is 35.5. The van der Waals surface area contributed by atoms with Crippen molar-refractivity contribution in [2.75, 3.05) is 13.2 Å². The second kappa shape index (κ2) is 5.39. The average molecular weight is 314 g/mol. The van der Waals surface area contributed by atoms with Gasteiger partial charge >= 0.3 is 0 Å². The van der Waals surface area contributed by atoms with Gasteiger partial charge in [0.2, 0.25) is 5.89 Å². The van der Waals surface area contributed by atoms with Crippen LogP contribution in [0, 0.1) is 0 Å². The van der Waals surface area contributed by atoms with Crippen LogP contribution in [0.3, 0.4) is 0 Å². The zero-order valence-corrected chi connectivity index (χ0v) is 12.3. The number of halogens is 1. The minimum atomic E-state index is 0.534. The van der Waals surface area contributed by atoms with E-state index in [4.69, 9.17) is 25.5 Å². The van der Waals surface area contributed by atoms with Crippen LogP contribution in [0.1, 0.15) is 11.5 Å². The molecule has 0 atom stereocenters. The summed E-state index contributed by atoms with van der Waals surface area (Å²) < 4.78 is 16.7. The lowest BCUT2D eigenvalue weighted by Crippen LogP contribution is -2.15. The first-order valence-electron chi connectivity index (χ1n) is 6.92. The van der Waals surface area contributed by atoms with Gasteiger partial charge in [-0.15, -0.1) is 0 Å². The molecule has 1 aliphatic rings. The molecule has 0 radical (unpaired) electrons. The van der Waals surface area contributed by atoms with E-state index in [-0.39, 0.29) is 0 Å². The van der Waals surface area contributed by atoms with Crippen LogP contribution in [0.5, 0.6) is 11.5 Å². The molecule has 4 rings (SSSR count). The molecule has 0 fully saturated rings. The van der Waals surface area contributed by atoms with E-state index in [1.807, 2.05) is 36.4 Å². The Morgan fingerprint density at radius 2 is 1.82 bits per heavy atom. The molecule has 1 aromatic heterocycles. The molecular weight excluding hydrogens is 302 g/mol. The van der Waals surface area contributed by atoms with Gasteiger partial charge in [-0.05, 0) is 42.0 Å².